The zero-order valence-corrected chi connectivity index (χ0v) is 21.7. The molecule has 12 nitrogen and oxygen atoms in total. The van der Waals surface area contributed by atoms with E-state index >= 15 is 0 Å². The van der Waals surface area contributed by atoms with Gasteiger partial charge in [0.15, 0.2) is 0 Å². The Labute approximate surface area is 220 Å². The van der Waals surface area contributed by atoms with Gasteiger partial charge in [-0.05, 0) is 30.9 Å². The molecule has 38 heavy (non-hydrogen) atoms. The molecule has 2 heterocycles. The van der Waals surface area contributed by atoms with Crippen molar-refractivity contribution < 1.29 is 24.3 Å². The van der Waals surface area contributed by atoms with E-state index in [4.69, 9.17) is 5.73 Å². The summed E-state index contributed by atoms with van der Waals surface area (Å²) in [6.45, 7) is 5.27. The molecule has 3 aromatic rings. The molecular weight excluding hydrogens is 490 g/mol. The van der Waals surface area contributed by atoms with Gasteiger partial charge >= 0.3 is 5.97 Å². The maximum atomic E-state index is 13.4. The molecule has 8 N–H and O–H groups in total. The minimum Gasteiger partial charge on any atom is -0.480 e. The topological polar surface area (TPSA) is 195 Å². The van der Waals surface area contributed by atoms with E-state index in [1.807, 2.05) is 38.1 Å². The zero-order chi connectivity index (χ0) is 27.8. The summed E-state index contributed by atoms with van der Waals surface area (Å²) in [5.41, 5.74) is 7.96. The molecule has 3 rings (SSSR count). The lowest BCUT2D eigenvalue weighted by molar-refractivity contribution is -0.142. The van der Waals surface area contributed by atoms with E-state index in [0.29, 0.717) is 5.69 Å². The van der Waals surface area contributed by atoms with Gasteiger partial charge in [-0.25, -0.2) is 9.78 Å². The molecule has 2 aromatic heterocycles. The predicted molar refractivity (Wildman–Crippen MR) is 141 cm³/mol. The molecule has 12 heteroatoms. The van der Waals surface area contributed by atoms with Gasteiger partial charge in [0.1, 0.15) is 18.1 Å². The van der Waals surface area contributed by atoms with Gasteiger partial charge in [0.2, 0.25) is 17.7 Å². The van der Waals surface area contributed by atoms with E-state index in [-0.39, 0.29) is 25.2 Å². The first-order valence-corrected chi connectivity index (χ1v) is 12.5. The highest BCUT2D eigenvalue weighted by atomic mass is 16.4. The van der Waals surface area contributed by atoms with E-state index < -0.39 is 47.9 Å². The van der Waals surface area contributed by atoms with Crippen LogP contribution in [-0.2, 0) is 32.0 Å². The number of carbonyl (C=O) groups is 4. The molecule has 4 atom stereocenters. The minimum atomic E-state index is -1.23. The van der Waals surface area contributed by atoms with Crippen LogP contribution in [0.3, 0.4) is 0 Å². The van der Waals surface area contributed by atoms with Gasteiger partial charge in [0.25, 0.3) is 0 Å². The Hall–Kier alpha value is -4.19. The average Bonchev–Trinajstić information content (AvgIpc) is 3.52. The maximum absolute atomic E-state index is 13.4. The number of benzene rings is 1. The monoisotopic (exact) mass is 525 g/mol. The normalized spacial score (nSPS) is 14.4. The third-order valence-corrected chi connectivity index (χ3v) is 6.08. The number of amides is 3. The van der Waals surface area contributed by atoms with Crippen LogP contribution >= 0.6 is 0 Å². The molecule has 4 unspecified atom stereocenters. The Balaban J connectivity index is 1.79. The molecule has 204 valence electrons. The van der Waals surface area contributed by atoms with Crippen molar-refractivity contribution in [3.63, 3.8) is 0 Å². The molecular formula is C26H35N7O5. The minimum absolute atomic E-state index is 0.00292. The van der Waals surface area contributed by atoms with E-state index in [1.54, 1.807) is 6.20 Å². The summed E-state index contributed by atoms with van der Waals surface area (Å²) in [6, 6.07) is 3.45. The lowest BCUT2D eigenvalue weighted by Gasteiger charge is -2.26. The van der Waals surface area contributed by atoms with Crippen molar-refractivity contribution in [2.45, 2.75) is 64.2 Å². The predicted octanol–water partition coefficient (Wildman–Crippen LogP) is 0.609. The second-order valence-corrected chi connectivity index (χ2v) is 9.78. The number of carboxylic acids is 1. The summed E-state index contributed by atoms with van der Waals surface area (Å²) < 4.78 is 0. The largest absolute Gasteiger partial charge is 0.480 e. The number of aromatic nitrogens is 3. The highest BCUT2D eigenvalue weighted by Gasteiger charge is 2.31. The first-order chi connectivity index (χ1) is 18.0. The molecule has 0 bridgehead atoms. The highest BCUT2D eigenvalue weighted by Crippen LogP contribution is 2.19. The molecule has 3 amide bonds. The van der Waals surface area contributed by atoms with Gasteiger partial charge in [-0.3, -0.25) is 14.4 Å². The first-order valence-electron chi connectivity index (χ1n) is 12.5. The van der Waals surface area contributed by atoms with Crippen molar-refractivity contribution >= 4 is 34.6 Å². The number of aromatic amines is 2. The van der Waals surface area contributed by atoms with Crippen LogP contribution in [0.2, 0.25) is 0 Å². The number of carboxylic acid groups (broad SMARTS) is 1. The van der Waals surface area contributed by atoms with Crippen LogP contribution in [0, 0.1) is 5.92 Å². The van der Waals surface area contributed by atoms with Gasteiger partial charge in [-0.2, -0.15) is 0 Å². The van der Waals surface area contributed by atoms with E-state index in [9.17, 15) is 24.3 Å². The van der Waals surface area contributed by atoms with Crippen molar-refractivity contribution in [1.29, 1.82) is 0 Å². The molecule has 0 saturated carbocycles. The van der Waals surface area contributed by atoms with Crippen LogP contribution < -0.4 is 21.7 Å². The number of nitrogens with two attached hydrogens (primary N) is 1. The lowest BCUT2D eigenvalue weighted by atomic mass is 10.00. The van der Waals surface area contributed by atoms with Gasteiger partial charge < -0.3 is 36.8 Å². The number of para-hydroxylation sites is 1. The lowest BCUT2D eigenvalue weighted by Crippen LogP contribution is -2.57. The molecule has 0 aliphatic heterocycles. The van der Waals surface area contributed by atoms with E-state index in [1.165, 1.54) is 19.4 Å². The van der Waals surface area contributed by atoms with Crippen LogP contribution in [0.1, 0.15) is 38.4 Å². The fraction of sp³-hybridized carbons (Fsp3) is 0.423. The van der Waals surface area contributed by atoms with Crippen LogP contribution in [0.5, 0.6) is 0 Å². The molecule has 0 radical (unpaired) electrons. The van der Waals surface area contributed by atoms with Crippen LogP contribution in [0.4, 0.5) is 0 Å². The Morgan fingerprint density at radius 1 is 0.921 bits per heavy atom. The van der Waals surface area contributed by atoms with Gasteiger partial charge in [0.05, 0.1) is 12.4 Å². The summed E-state index contributed by atoms with van der Waals surface area (Å²) >= 11 is 0. The third kappa shape index (κ3) is 7.65. The number of fused-ring (bicyclic) bond motifs is 1. The van der Waals surface area contributed by atoms with Crippen molar-refractivity contribution in [1.82, 2.24) is 30.9 Å². The number of hydrogen-bond donors (Lipinski definition) is 7. The molecule has 1 aromatic carbocycles. The van der Waals surface area contributed by atoms with Gasteiger partial charge in [-0.1, -0.05) is 32.0 Å². The van der Waals surface area contributed by atoms with Crippen molar-refractivity contribution in [3.05, 3.63) is 54.2 Å². The summed E-state index contributed by atoms with van der Waals surface area (Å²) in [7, 11) is 0. The molecule has 0 saturated heterocycles. The van der Waals surface area contributed by atoms with Crippen LogP contribution in [0.25, 0.3) is 10.9 Å². The Morgan fingerprint density at radius 3 is 2.21 bits per heavy atom. The number of nitrogens with one attached hydrogen (secondary N) is 5. The average molecular weight is 526 g/mol. The number of aliphatic carboxylic acids is 1. The third-order valence-electron chi connectivity index (χ3n) is 6.08. The van der Waals surface area contributed by atoms with Crippen LogP contribution in [0.15, 0.2) is 43.0 Å². The summed E-state index contributed by atoms with van der Waals surface area (Å²) in [6.07, 6.45) is 5.08. The number of imidazole rings is 1. The van der Waals surface area contributed by atoms with Gasteiger partial charge in [-0.15, -0.1) is 0 Å². The Bertz CT molecular complexity index is 1250. The Morgan fingerprint density at radius 2 is 1.58 bits per heavy atom. The fourth-order valence-corrected chi connectivity index (χ4v) is 4.10. The van der Waals surface area contributed by atoms with E-state index in [0.717, 1.165) is 16.5 Å². The molecule has 0 aliphatic carbocycles. The van der Waals surface area contributed by atoms with Crippen LogP contribution in [-0.4, -0.2) is 67.9 Å². The quantitative estimate of drug-likeness (QED) is 0.170. The number of nitrogens with zero attached hydrogens (tertiary/aromatic N) is 1. The number of carbonyl (C=O) groups excluding carboxylic acids is 3. The summed E-state index contributed by atoms with van der Waals surface area (Å²) in [5.74, 6) is -2.94. The van der Waals surface area contributed by atoms with Crippen molar-refractivity contribution in [2.75, 3.05) is 0 Å². The molecule has 0 spiro atoms. The number of rotatable bonds is 13. The fourth-order valence-electron chi connectivity index (χ4n) is 4.10. The molecule has 0 aliphatic rings. The van der Waals surface area contributed by atoms with Crippen molar-refractivity contribution in [2.24, 2.45) is 11.7 Å². The standard InChI is InChI=1S/C26H35N7O5/c1-14(2)8-20(24(35)33-22(26(37)38)10-17-12-28-13-30-17)32-25(36)21(31-23(34)15(3)27)9-16-11-29-19-7-5-4-6-18(16)19/h4-7,11-15,20-22,29H,8-10,27H2,1-3H3,(H,28,30)(H,31,34)(H,32,36)(H,33,35)(H,37,38). The number of hydrogen-bond acceptors (Lipinski definition) is 6. The summed E-state index contributed by atoms with van der Waals surface area (Å²) in [4.78, 5) is 60.7. The smallest absolute Gasteiger partial charge is 0.326 e. The van der Waals surface area contributed by atoms with E-state index in [2.05, 4.69) is 30.9 Å². The molecule has 0 fully saturated rings. The second-order valence-electron chi connectivity index (χ2n) is 9.78. The van der Waals surface area contributed by atoms with Gasteiger partial charge in [0, 0.05) is 41.8 Å². The highest BCUT2D eigenvalue weighted by molar-refractivity contribution is 5.94. The second kappa shape index (κ2) is 12.9. The summed E-state index contributed by atoms with van der Waals surface area (Å²) in [5, 5.41) is 18.5. The SMILES string of the molecule is CC(C)CC(NC(=O)C(Cc1c[nH]c2ccccc12)NC(=O)C(C)N)C(=O)NC(Cc1cnc[nH]1)C(=O)O. The van der Waals surface area contributed by atoms with Crippen molar-refractivity contribution in [3.8, 4) is 0 Å². The first kappa shape index (κ1) is 28.4. The maximum Gasteiger partial charge on any atom is 0.326 e. The number of H-pyrrole nitrogens is 2. The Kier molecular flexibility index (Phi) is 9.61. The zero-order valence-electron chi connectivity index (χ0n) is 21.7.